The molecule has 0 aromatic rings. The van der Waals surface area contributed by atoms with Gasteiger partial charge in [-0.2, -0.15) is 0 Å². The quantitative estimate of drug-likeness (QED) is 0.0171. The summed E-state index contributed by atoms with van der Waals surface area (Å²) < 4.78 is 32.6. The molecule has 0 saturated carbocycles. The van der Waals surface area contributed by atoms with Crippen molar-refractivity contribution in [2.75, 3.05) is 26.4 Å². The summed E-state index contributed by atoms with van der Waals surface area (Å²) in [6, 6.07) is 0. The molecular weight excluding hydrogens is 727 g/mol. The van der Waals surface area contributed by atoms with Gasteiger partial charge in [0, 0.05) is 12.8 Å². The zero-order valence-corrected chi connectivity index (χ0v) is 35.3. The molecule has 12 nitrogen and oxygen atoms in total. The van der Waals surface area contributed by atoms with Crippen molar-refractivity contribution in [1.29, 1.82) is 0 Å². The smallest absolute Gasteiger partial charge is 0.462 e. The summed E-state index contributed by atoms with van der Waals surface area (Å²) in [5.74, 6) is -1.04. The zero-order chi connectivity index (χ0) is 40.8. The van der Waals surface area contributed by atoms with Crippen LogP contribution >= 0.6 is 7.82 Å². The number of hydrogen-bond donors (Lipinski definition) is 5. The van der Waals surface area contributed by atoms with Gasteiger partial charge >= 0.3 is 19.8 Å². The zero-order valence-electron chi connectivity index (χ0n) is 34.4. The van der Waals surface area contributed by atoms with Crippen LogP contribution in [0.2, 0.25) is 0 Å². The number of phosphoric acid groups is 1. The van der Waals surface area contributed by atoms with E-state index in [1.807, 2.05) is 6.08 Å². The fourth-order valence-corrected chi connectivity index (χ4v) is 6.56. The normalized spacial score (nSPS) is 15.3. The Labute approximate surface area is 333 Å². The molecule has 0 spiro atoms. The number of carbonyl (C=O) groups excluding carboxylic acids is 2. The molecule has 13 heteroatoms. The molecule has 0 saturated heterocycles. The molecule has 324 valence electrons. The van der Waals surface area contributed by atoms with Gasteiger partial charge in [-0.15, -0.1) is 0 Å². The van der Waals surface area contributed by atoms with Crippen LogP contribution in [0.3, 0.4) is 0 Å². The van der Waals surface area contributed by atoms with Gasteiger partial charge in [-0.05, 0) is 64.2 Å². The molecule has 0 aliphatic carbocycles. The summed E-state index contributed by atoms with van der Waals surface area (Å²) in [7, 11) is -4.66. The lowest BCUT2D eigenvalue weighted by molar-refractivity contribution is -0.161. The largest absolute Gasteiger partial charge is 0.472 e. The molecule has 0 amide bonds. The van der Waals surface area contributed by atoms with Crippen LogP contribution in [0.4, 0.5) is 0 Å². The third kappa shape index (κ3) is 36.5. The maximum atomic E-state index is 12.6. The number of carbonyl (C=O) groups is 2. The van der Waals surface area contributed by atoms with Crippen molar-refractivity contribution < 1.29 is 58.0 Å². The first-order chi connectivity index (χ1) is 26.5. The van der Waals surface area contributed by atoms with E-state index in [2.05, 4.69) is 36.6 Å². The summed E-state index contributed by atoms with van der Waals surface area (Å²) in [4.78, 5) is 35.0. The first-order valence-electron chi connectivity index (χ1n) is 21.5. The standard InChI is InChI=1S/C42H79O12P/c1-3-5-7-9-11-12-13-14-15-16-17-18-19-23-27-31-41(47)51-35-38(36-53-55(49,50)52-34-37(44)33-43)54-42(48)32-28-24-20-22-26-30-40(46)39(45)29-25-21-10-8-6-4-2/h12-13,21,25,37-40,43-46H,3-11,14-20,22-24,26-36H2,1-2H3,(H,49,50)/b13-12-,25-21-/t37-,38+,39-,40-/m0/s1. The van der Waals surface area contributed by atoms with E-state index in [-0.39, 0.29) is 19.4 Å². The van der Waals surface area contributed by atoms with Crippen molar-refractivity contribution in [2.45, 2.75) is 205 Å². The van der Waals surface area contributed by atoms with Crippen LogP contribution in [0.5, 0.6) is 0 Å². The topological polar surface area (TPSA) is 189 Å². The highest BCUT2D eigenvalue weighted by atomic mass is 31.2. The summed E-state index contributed by atoms with van der Waals surface area (Å²) in [5.41, 5.74) is 0. The van der Waals surface area contributed by atoms with Gasteiger partial charge < -0.3 is 34.8 Å². The van der Waals surface area contributed by atoms with Crippen molar-refractivity contribution in [3.63, 3.8) is 0 Å². The molecule has 0 aromatic heterocycles. The molecule has 0 aliphatic rings. The molecule has 0 bridgehead atoms. The Morgan fingerprint density at radius 3 is 1.65 bits per heavy atom. The predicted molar refractivity (Wildman–Crippen MR) is 217 cm³/mol. The van der Waals surface area contributed by atoms with Crippen molar-refractivity contribution in [3.05, 3.63) is 24.3 Å². The minimum Gasteiger partial charge on any atom is -0.462 e. The number of aliphatic hydroxyl groups excluding tert-OH is 4. The van der Waals surface area contributed by atoms with Gasteiger partial charge in [0.15, 0.2) is 6.10 Å². The molecule has 0 fully saturated rings. The molecule has 5 N–H and O–H groups in total. The van der Waals surface area contributed by atoms with Gasteiger partial charge in [0.25, 0.3) is 0 Å². The Morgan fingerprint density at radius 1 is 0.582 bits per heavy atom. The van der Waals surface area contributed by atoms with E-state index in [4.69, 9.17) is 19.1 Å². The van der Waals surface area contributed by atoms with Crippen LogP contribution in [-0.4, -0.2) is 88.1 Å². The van der Waals surface area contributed by atoms with Gasteiger partial charge in [0.05, 0.1) is 32.0 Å². The highest BCUT2D eigenvalue weighted by Crippen LogP contribution is 2.43. The Morgan fingerprint density at radius 2 is 1.05 bits per heavy atom. The fraction of sp³-hybridized carbons (Fsp3) is 0.857. The van der Waals surface area contributed by atoms with Crippen molar-refractivity contribution in [1.82, 2.24) is 0 Å². The summed E-state index contributed by atoms with van der Waals surface area (Å²) in [6.45, 7) is 2.13. The average molecular weight is 807 g/mol. The third-order valence-corrected chi connectivity index (χ3v) is 10.2. The Kier molecular flexibility index (Phi) is 36.8. The van der Waals surface area contributed by atoms with Crippen LogP contribution in [0, 0.1) is 0 Å². The summed E-state index contributed by atoms with van der Waals surface area (Å²) >= 11 is 0. The molecule has 0 aromatic carbocycles. The molecule has 5 atom stereocenters. The van der Waals surface area contributed by atoms with Crippen molar-refractivity contribution in [3.8, 4) is 0 Å². The fourth-order valence-electron chi connectivity index (χ4n) is 5.77. The van der Waals surface area contributed by atoms with Crippen LogP contribution in [0.1, 0.15) is 181 Å². The van der Waals surface area contributed by atoms with Crippen LogP contribution in [-0.2, 0) is 32.7 Å². The summed E-state index contributed by atoms with van der Waals surface area (Å²) in [6.07, 6.45) is 28.7. The highest BCUT2D eigenvalue weighted by Gasteiger charge is 2.27. The van der Waals surface area contributed by atoms with Crippen molar-refractivity contribution >= 4 is 19.8 Å². The van der Waals surface area contributed by atoms with Gasteiger partial charge in [0.2, 0.25) is 0 Å². The highest BCUT2D eigenvalue weighted by molar-refractivity contribution is 7.47. The molecule has 1 unspecified atom stereocenters. The number of allylic oxidation sites excluding steroid dienone is 3. The molecule has 55 heavy (non-hydrogen) atoms. The second-order valence-electron chi connectivity index (χ2n) is 14.7. The molecular formula is C42H79O12P. The van der Waals surface area contributed by atoms with Gasteiger partial charge in [0.1, 0.15) is 12.7 Å². The SMILES string of the molecule is CCCCC/C=C\C[C@H](O)[C@@H](O)CCCCCCCC(=O)O[C@H](COC(=O)CCCCCCCCC/C=C\CCCCCC)COP(=O)(O)OC[C@@H](O)CO. The van der Waals surface area contributed by atoms with Crippen LogP contribution in [0.25, 0.3) is 0 Å². The van der Waals surface area contributed by atoms with Gasteiger partial charge in [-0.3, -0.25) is 18.6 Å². The lowest BCUT2D eigenvalue weighted by Gasteiger charge is -2.20. The maximum absolute atomic E-state index is 12.6. The number of rotatable bonds is 40. The minimum absolute atomic E-state index is 0.0855. The molecule has 0 radical (unpaired) electrons. The predicted octanol–water partition coefficient (Wildman–Crippen LogP) is 8.94. The van der Waals surface area contributed by atoms with E-state index in [1.165, 1.54) is 64.2 Å². The number of hydrogen-bond acceptors (Lipinski definition) is 11. The minimum atomic E-state index is -4.66. The maximum Gasteiger partial charge on any atom is 0.472 e. The number of aliphatic hydroxyl groups is 4. The monoisotopic (exact) mass is 807 g/mol. The number of unbranched alkanes of at least 4 members (excludes halogenated alkanes) is 18. The Hall–Kier alpha value is -1.63. The van der Waals surface area contributed by atoms with Crippen LogP contribution in [0.15, 0.2) is 24.3 Å². The van der Waals surface area contributed by atoms with E-state index >= 15 is 0 Å². The lowest BCUT2D eigenvalue weighted by Crippen LogP contribution is -2.29. The van der Waals surface area contributed by atoms with E-state index in [0.29, 0.717) is 25.7 Å². The number of ether oxygens (including phenoxy) is 2. The molecule has 0 heterocycles. The second-order valence-corrected chi connectivity index (χ2v) is 16.1. The average Bonchev–Trinajstić information content (AvgIpc) is 3.17. The number of phosphoric ester groups is 1. The van der Waals surface area contributed by atoms with Gasteiger partial charge in [-0.25, -0.2) is 4.57 Å². The number of esters is 2. The van der Waals surface area contributed by atoms with E-state index in [0.717, 1.165) is 64.2 Å². The van der Waals surface area contributed by atoms with Crippen LogP contribution < -0.4 is 0 Å². The Balaban J connectivity index is 4.43. The Bertz CT molecular complexity index is 1010. The van der Waals surface area contributed by atoms with Crippen molar-refractivity contribution in [2.24, 2.45) is 0 Å². The lowest BCUT2D eigenvalue weighted by atomic mass is 10.0. The molecule has 0 aliphatic heterocycles. The van der Waals surface area contributed by atoms with E-state index < -0.39 is 64.0 Å². The summed E-state index contributed by atoms with van der Waals surface area (Å²) in [5, 5.41) is 38.7. The van der Waals surface area contributed by atoms with E-state index in [1.54, 1.807) is 0 Å². The third-order valence-electron chi connectivity index (χ3n) is 9.28. The molecule has 0 rings (SSSR count). The second kappa shape index (κ2) is 37.9. The van der Waals surface area contributed by atoms with E-state index in [9.17, 15) is 34.4 Å². The van der Waals surface area contributed by atoms with Gasteiger partial charge in [-0.1, -0.05) is 128 Å². The first kappa shape index (κ1) is 53.4. The first-order valence-corrected chi connectivity index (χ1v) is 23.0.